The quantitative estimate of drug-likeness (QED) is 0.822. The minimum atomic E-state index is -0.548. The Hall–Kier alpha value is -1.07. The third kappa shape index (κ3) is 4.80. The fourth-order valence-corrected chi connectivity index (χ4v) is 2.62. The van der Waals surface area contributed by atoms with Crippen molar-refractivity contribution in [2.45, 2.75) is 19.1 Å². The smallest absolute Gasteiger partial charge is 0.119 e. The average molecular weight is 312 g/mol. The molecule has 108 valence electrons. The Morgan fingerprint density at radius 2 is 2.05 bits per heavy atom. The van der Waals surface area contributed by atoms with Gasteiger partial charge in [-0.05, 0) is 42.6 Å². The third-order valence-corrected chi connectivity index (χ3v) is 4.19. The van der Waals surface area contributed by atoms with Gasteiger partial charge in [0.1, 0.15) is 18.5 Å². The highest BCUT2D eigenvalue weighted by molar-refractivity contribution is 7.10. The number of halogens is 1. The lowest BCUT2D eigenvalue weighted by atomic mass is 10.2. The number of thiophene rings is 1. The first-order valence-corrected chi connectivity index (χ1v) is 7.74. The SMILES string of the molecule is CC(NCC(O)COc1ccc(Cl)cc1)c1cccs1. The molecule has 2 unspecified atom stereocenters. The van der Waals surface area contributed by atoms with Gasteiger partial charge in [0.25, 0.3) is 0 Å². The first-order chi connectivity index (χ1) is 9.65. The second kappa shape index (κ2) is 7.64. The van der Waals surface area contributed by atoms with Gasteiger partial charge in [0.05, 0.1) is 0 Å². The summed E-state index contributed by atoms with van der Waals surface area (Å²) in [5.74, 6) is 0.708. The van der Waals surface area contributed by atoms with Crippen molar-refractivity contribution in [1.29, 1.82) is 0 Å². The Labute approximate surface area is 128 Å². The molecule has 2 aromatic rings. The maximum atomic E-state index is 9.90. The fourth-order valence-electron chi connectivity index (χ4n) is 1.73. The number of hydrogen-bond acceptors (Lipinski definition) is 4. The van der Waals surface area contributed by atoms with E-state index in [1.165, 1.54) is 4.88 Å². The van der Waals surface area contributed by atoms with E-state index in [9.17, 15) is 5.11 Å². The van der Waals surface area contributed by atoms with Gasteiger partial charge in [-0.1, -0.05) is 17.7 Å². The fraction of sp³-hybridized carbons (Fsp3) is 0.333. The molecule has 0 bridgehead atoms. The molecule has 1 aromatic carbocycles. The van der Waals surface area contributed by atoms with Crippen LogP contribution in [0.15, 0.2) is 41.8 Å². The zero-order chi connectivity index (χ0) is 14.4. The number of aliphatic hydroxyl groups is 1. The van der Waals surface area contributed by atoms with Crippen LogP contribution in [0.4, 0.5) is 0 Å². The van der Waals surface area contributed by atoms with Crippen LogP contribution in [0.25, 0.3) is 0 Å². The van der Waals surface area contributed by atoms with Gasteiger partial charge in [0, 0.05) is 22.5 Å². The molecule has 3 nitrogen and oxygen atoms in total. The number of benzene rings is 1. The standard InChI is InChI=1S/C15H18ClNO2S/c1-11(15-3-2-8-20-15)17-9-13(18)10-19-14-6-4-12(16)5-7-14/h2-8,11,13,17-18H,9-10H2,1H3. The molecule has 0 spiro atoms. The summed E-state index contributed by atoms with van der Waals surface area (Å²) in [6.07, 6.45) is -0.548. The van der Waals surface area contributed by atoms with Crippen LogP contribution >= 0.6 is 22.9 Å². The monoisotopic (exact) mass is 311 g/mol. The molecule has 2 atom stereocenters. The summed E-state index contributed by atoms with van der Waals surface area (Å²) in [4.78, 5) is 1.26. The highest BCUT2D eigenvalue weighted by Crippen LogP contribution is 2.18. The summed E-state index contributed by atoms with van der Waals surface area (Å²) in [5, 5.41) is 15.9. The van der Waals surface area contributed by atoms with Crippen molar-refractivity contribution in [2.24, 2.45) is 0 Å². The van der Waals surface area contributed by atoms with Crippen molar-refractivity contribution >= 4 is 22.9 Å². The number of aliphatic hydroxyl groups excluding tert-OH is 1. The van der Waals surface area contributed by atoms with Gasteiger partial charge in [0.2, 0.25) is 0 Å². The summed E-state index contributed by atoms with van der Waals surface area (Å²) in [7, 11) is 0. The summed E-state index contributed by atoms with van der Waals surface area (Å²) >= 11 is 7.50. The summed E-state index contributed by atoms with van der Waals surface area (Å²) < 4.78 is 5.50. The van der Waals surface area contributed by atoms with Crippen molar-refractivity contribution in [3.63, 3.8) is 0 Å². The highest BCUT2D eigenvalue weighted by atomic mass is 35.5. The molecule has 0 aliphatic rings. The molecule has 20 heavy (non-hydrogen) atoms. The van der Waals surface area contributed by atoms with E-state index >= 15 is 0 Å². The first-order valence-electron chi connectivity index (χ1n) is 6.48. The van der Waals surface area contributed by atoms with Gasteiger partial charge in [-0.3, -0.25) is 0 Å². The molecular weight excluding hydrogens is 294 g/mol. The largest absolute Gasteiger partial charge is 0.491 e. The molecule has 1 aromatic heterocycles. The van der Waals surface area contributed by atoms with Crippen LogP contribution in [0.3, 0.4) is 0 Å². The number of hydrogen-bond donors (Lipinski definition) is 2. The van der Waals surface area contributed by atoms with E-state index in [4.69, 9.17) is 16.3 Å². The van der Waals surface area contributed by atoms with E-state index in [0.717, 1.165) is 0 Å². The zero-order valence-corrected chi connectivity index (χ0v) is 12.8. The third-order valence-electron chi connectivity index (χ3n) is 2.89. The predicted molar refractivity (Wildman–Crippen MR) is 83.7 cm³/mol. The molecule has 1 heterocycles. The number of ether oxygens (including phenoxy) is 1. The van der Waals surface area contributed by atoms with E-state index < -0.39 is 6.10 Å². The Morgan fingerprint density at radius 3 is 2.70 bits per heavy atom. The first kappa shape index (κ1) is 15.3. The molecule has 0 amide bonds. The van der Waals surface area contributed by atoms with Gasteiger partial charge >= 0.3 is 0 Å². The second-order valence-electron chi connectivity index (χ2n) is 4.56. The molecule has 0 saturated carbocycles. The van der Waals surface area contributed by atoms with Gasteiger partial charge in [-0.25, -0.2) is 0 Å². The summed E-state index contributed by atoms with van der Waals surface area (Å²) in [6, 6.07) is 11.5. The molecule has 2 N–H and O–H groups in total. The van der Waals surface area contributed by atoms with Crippen molar-refractivity contribution in [3.05, 3.63) is 51.7 Å². The number of rotatable bonds is 7. The van der Waals surface area contributed by atoms with Gasteiger partial charge in [-0.15, -0.1) is 11.3 Å². The van der Waals surface area contributed by atoms with Crippen molar-refractivity contribution in [3.8, 4) is 5.75 Å². The van der Waals surface area contributed by atoms with Crippen LogP contribution in [0.1, 0.15) is 17.8 Å². The van der Waals surface area contributed by atoms with Crippen LogP contribution in [0.2, 0.25) is 5.02 Å². The van der Waals surface area contributed by atoms with Crippen LogP contribution in [-0.2, 0) is 0 Å². The normalized spacial score (nSPS) is 13.9. The van der Waals surface area contributed by atoms with Crippen molar-refractivity contribution in [2.75, 3.05) is 13.2 Å². The molecular formula is C15H18ClNO2S. The number of nitrogens with one attached hydrogen (secondary N) is 1. The highest BCUT2D eigenvalue weighted by Gasteiger charge is 2.10. The van der Waals surface area contributed by atoms with Crippen molar-refractivity contribution in [1.82, 2.24) is 5.32 Å². The molecule has 0 radical (unpaired) electrons. The lowest BCUT2D eigenvalue weighted by Crippen LogP contribution is -2.32. The van der Waals surface area contributed by atoms with Gasteiger partial charge < -0.3 is 15.2 Å². The van der Waals surface area contributed by atoms with E-state index in [1.54, 1.807) is 35.6 Å². The summed E-state index contributed by atoms with van der Waals surface area (Å²) in [6.45, 7) is 2.83. The Balaban J connectivity index is 1.70. The summed E-state index contributed by atoms with van der Waals surface area (Å²) in [5.41, 5.74) is 0. The Bertz CT molecular complexity index is 501. The Morgan fingerprint density at radius 1 is 1.30 bits per heavy atom. The Kier molecular flexibility index (Phi) is 5.86. The van der Waals surface area contributed by atoms with E-state index in [2.05, 4.69) is 18.3 Å². The van der Waals surface area contributed by atoms with Crippen LogP contribution < -0.4 is 10.1 Å². The molecule has 5 heteroatoms. The lowest BCUT2D eigenvalue weighted by Gasteiger charge is -2.16. The van der Waals surface area contributed by atoms with Crippen LogP contribution in [0, 0.1) is 0 Å². The average Bonchev–Trinajstić information content (AvgIpc) is 2.98. The minimum Gasteiger partial charge on any atom is -0.491 e. The molecule has 0 aliphatic heterocycles. The maximum Gasteiger partial charge on any atom is 0.119 e. The minimum absolute atomic E-state index is 0.236. The van der Waals surface area contributed by atoms with Gasteiger partial charge in [0.15, 0.2) is 0 Å². The second-order valence-corrected chi connectivity index (χ2v) is 5.98. The van der Waals surface area contributed by atoms with Crippen molar-refractivity contribution < 1.29 is 9.84 Å². The molecule has 2 rings (SSSR count). The topological polar surface area (TPSA) is 41.5 Å². The van der Waals surface area contributed by atoms with Gasteiger partial charge in [-0.2, -0.15) is 0 Å². The maximum absolute atomic E-state index is 9.90. The lowest BCUT2D eigenvalue weighted by molar-refractivity contribution is 0.104. The van der Waals surface area contributed by atoms with Crippen LogP contribution in [0.5, 0.6) is 5.75 Å². The molecule has 0 aliphatic carbocycles. The molecule has 0 saturated heterocycles. The van der Waals surface area contributed by atoms with Crippen LogP contribution in [-0.4, -0.2) is 24.4 Å². The predicted octanol–water partition coefficient (Wildman–Crippen LogP) is 3.49. The zero-order valence-electron chi connectivity index (χ0n) is 11.3. The van der Waals surface area contributed by atoms with E-state index in [-0.39, 0.29) is 12.6 Å². The van der Waals surface area contributed by atoms with E-state index in [0.29, 0.717) is 17.3 Å². The van der Waals surface area contributed by atoms with E-state index in [1.807, 2.05) is 11.4 Å². The molecule has 0 fully saturated rings.